The fourth-order valence-electron chi connectivity index (χ4n) is 2.99. The zero-order chi connectivity index (χ0) is 23.1. The summed E-state index contributed by atoms with van der Waals surface area (Å²) in [6.45, 7) is 0. The van der Waals surface area contributed by atoms with E-state index in [0.29, 0.717) is 25.9 Å². The van der Waals surface area contributed by atoms with Crippen LogP contribution in [0.4, 0.5) is 13.2 Å². The van der Waals surface area contributed by atoms with Crippen molar-refractivity contribution in [3.05, 3.63) is 76.8 Å². The third-order valence-corrected chi connectivity index (χ3v) is 6.62. The Morgan fingerprint density at radius 1 is 0.875 bits per heavy atom. The summed E-state index contributed by atoms with van der Waals surface area (Å²) in [6, 6.07) is 16.5. The van der Waals surface area contributed by atoms with Gasteiger partial charge in [0.2, 0.25) is 10.0 Å². The van der Waals surface area contributed by atoms with Gasteiger partial charge in [-0.05, 0) is 47.5 Å². The Labute approximate surface area is 190 Å². The van der Waals surface area contributed by atoms with Crippen LogP contribution in [0.1, 0.15) is 5.69 Å². The number of nitrogens with two attached hydrogens (primary N) is 1. The van der Waals surface area contributed by atoms with Gasteiger partial charge in [0.05, 0.1) is 19.8 Å². The van der Waals surface area contributed by atoms with E-state index >= 15 is 0 Å². The Morgan fingerprint density at radius 2 is 1.53 bits per heavy atom. The van der Waals surface area contributed by atoms with Crippen molar-refractivity contribution in [1.82, 2.24) is 9.97 Å². The zero-order valence-corrected chi connectivity index (χ0v) is 18.4. The van der Waals surface area contributed by atoms with E-state index in [0.717, 1.165) is 17.4 Å². The average Bonchev–Trinajstić information content (AvgIpc) is 3.19. The molecule has 0 atom stereocenters. The second-order valence-electron chi connectivity index (χ2n) is 6.72. The summed E-state index contributed by atoms with van der Waals surface area (Å²) in [4.78, 5) is 8.43. The molecule has 2 aromatic heterocycles. The van der Waals surface area contributed by atoms with E-state index in [2.05, 4.69) is 9.97 Å². The van der Waals surface area contributed by atoms with Crippen LogP contribution in [0, 0.1) is 0 Å². The Bertz CT molecular complexity index is 1420. The predicted octanol–water partition coefficient (Wildman–Crippen LogP) is 5.86. The third-order valence-electron chi connectivity index (χ3n) is 4.46. The molecule has 0 aliphatic rings. The number of sulfonamides is 1. The summed E-state index contributed by atoms with van der Waals surface area (Å²) in [5, 5.41) is 5.19. The van der Waals surface area contributed by atoms with E-state index in [-0.39, 0.29) is 16.4 Å². The normalized spacial score (nSPS) is 12.2. The minimum atomic E-state index is -4.67. The van der Waals surface area contributed by atoms with Crippen LogP contribution in [-0.2, 0) is 16.2 Å². The molecule has 0 radical (unpaired) electrons. The number of rotatable bonds is 4. The standard InChI is InChI=1S/C21H13ClF3N3O2S2/c22-19-8-7-17(31-19)16-11-18(21(23,24)25)28-20(27-16)14-5-1-3-12(9-14)13-4-2-6-15(10-13)32(26,29)30/h1-11H,(H2,26,29,30). The van der Waals surface area contributed by atoms with Crippen molar-refractivity contribution in [2.45, 2.75) is 11.1 Å². The van der Waals surface area contributed by atoms with Gasteiger partial charge < -0.3 is 0 Å². The lowest BCUT2D eigenvalue weighted by atomic mass is 10.0. The summed E-state index contributed by atoms with van der Waals surface area (Å²) in [5.41, 5.74) is 0.438. The molecule has 11 heteroatoms. The number of aromatic nitrogens is 2. The van der Waals surface area contributed by atoms with E-state index in [1.807, 2.05) is 0 Å². The van der Waals surface area contributed by atoms with Crippen LogP contribution >= 0.6 is 22.9 Å². The Morgan fingerprint density at radius 3 is 2.16 bits per heavy atom. The van der Waals surface area contributed by atoms with E-state index in [9.17, 15) is 21.6 Å². The molecule has 0 saturated heterocycles. The minimum Gasteiger partial charge on any atom is -0.227 e. The summed E-state index contributed by atoms with van der Waals surface area (Å²) in [6.07, 6.45) is -4.67. The van der Waals surface area contributed by atoms with Crippen molar-refractivity contribution in [3.8, 4) is 33.1 Å². The predicted molar refractivity (Wildman–Crippen MR) is 118 cm³/mol. The largest absolute Gasteiger partial charge is 0.433 e. The number of thiophene rings is 1. The van der Waals surface area contributed by atoms with Crippen LogP contribution in [-0.4, -0.2) is 18.4 Å². The van der Waals surface area contributed by atoms with Gasteiger partial charge in [0.25, 0.3) is 0 Å². The molecule has 0 bridgehead atoms. The fraction of sp³-hybridized carbons (Fsp3) is 0.0476. The lowest BCUT2D eigenvalue weighted by Gasteiger charge is -2.11. The van der Waals surface area contributed by atoms with Crippen LogP contribution in [0.25, 0.3) is 33.1 Å². The quantitative estimate of drug-likeness (QED) is 0.384. The fourth-order valence-corrected chi connectivity index (χ4v) is 4.55. The molecule has 2 heterocycles. The lowest BCUT2D eigenvalue weighted by molar-refractivity contribution is -0.141. The van der Waals surface area contributed by atoms with Crippen molar-refractivity contribution in [1.29, 1.82) is 0 Å². The van der Waals surface area contributed by atoms with E-state index in [1.165, 1.54) is 18.2 Å². The second kappa shape index (κ2) is 8.28. The molecule has 2 aromatic carbocycles. The number of benzene rings is 2. The topological polar surface area (TPSA) is 85.9 Å². The Balaban J connectivity index is 1.84. The van der Waals surface area contributed by atoms with Gasteiger partial charge in [0.15, 0.2) is 5.82 Å². The second-order valence-corrected chi connectivity index (χ2v) is 9.99. The summed E-state index contributed by atoms with van der Waals surface area (Å²) < 4.78 is 64.2. The van der Waals surface area contributed by atoms with Gasteiger partial charge in [-0.15, -0.1) is 11.3 Å². The maximum absolute atomic E-state index is 13.5. The summed E-state index contributed by atoms with van der Waals surface area (Å²) in [7, 11) is -3.91. The first-order valence-electron chi connectivity index (χ1n) is 8.96. The summed E-state index contributed by atoms with van der Waals surface area (Å²) in [5.74, 6) is -0.121. The van der Waals surface area contributed by atoms with Crippen LogP contribution < -0.4 is 5.14 Å². The average molecular weight is 496 g/mol. The molecule has 0 spiro atoms. The number of nitrogens with zero attached hydrogens (tertiary/aromatic N) is 2. The molecular weight excluding hydrogens is 483 g/mol. The maximum Gasteiger partial charge on any atom is 0.433 e. The molecule has 0 aliphatic carbocycles. The Kier molecular flexibility index (Phi) is 5.80. The highest BCUT2D eigenvalue weighted by atomic mass is 35.5. The summed E-state index contributed by atoms with van der Waals surface area (Å²) >= 11 is 7.04. The van der Waals surface area contributed by atoms with E-state index in [4.69, 9.17) is 16.7 Å². The number of alkyl halides is 3. The van der Waals surface area contributed by atoms with Crippen LogP contribution in [0.2, 0.25) is 4.34 Å². The molecule has 4 rings (SSSR count). The van der Waals surface area contributed by atoms with Gasteiger partial charge in [0, 0.05) is 5.56 Å². The monoisotopic (exact) mass is 495 g/mol. The van der Waals surface area contributed by atoms with Crippen molar-refractivity contribution >= 4 is 33.0 Å². The maximum atomic E-state index is 13.5. The van der Waals surface area contributed by atoms with Crippen molar-refractivity contribution in [2.75, 3.05) is 0 Å². The number of halogens is 4. The smallest absolute Gasteiger partial charge is 0.227 e. The molecule has 0 unspecified atom stereocenters. The molecule has 0 saturated carbocycles. The number of hydrogen-bond donors (Lipinski definition) is 1. The highest BCUT2D eigenvalue weighted by Gasteiger charge is 2.34. The van der Waals surface area contributed by atoms with Crippen LogP contribution in [0.5, 0.6) is 0 Å². The van der Waals surface area contributed by atoms with E-state index in [1.54, 1.807) is 42.5 Å². The van der Waals surface area contributed by atoms with Gasteiger partial charge in [-0.1, -0.05) is 41.9 Å². The molecular formula is C21H13ClF3N3O2S2. The van der Waals surface area contributed by atoms with Gasteiger partial charge in [-0.2, -0.15) is 13.2 Å². The first-order chi connectivity index (χ1) is 15.0. The highest BCUT2D eigenvalue weighted by molar-refractivity contribution is 7.89. The molecule has 32 heavy (non-hydrogen) atoms. The van der Waals surface area contributed by atoms with Gasteiger partial charge >= 0.3 is 6.18 Å². The van der Waals surface area contributed by atoms with Crippen molar-refractivity contribution in [3.63, 3.8) is 0 Å². The molecule has 164 valence electrons. The van der Waals surface area contributed by atoms with Gasteiger partial charge in [0.1, 0.15) is 5.69 Å². The molecule has 5 nitrogen and oxygen atoms in total. The lowest BCUT2D eigenvalue weighted by Crippen LogP contribution is -2.11. The SMILES string of the molecule is NS(=O)(=O)c1cccc(-c2cccc(-c3nc(-c4ccc(Cl)s4)cc(C(F)(F)F)n3)c2)c1. The van der Waals surface area contributed by atoms with Gasteiger partial charge in [-0.3, -0.25) is 0 Å². The molecule has 0 aliphatic heterocycles. The minimum absolute atomic E-state index is 0.0763. The molecule has 2 N–H and O–H groups in total. The molecule has 0 fully saturated rings. The van der Waals surface area contributed by atoms with Crippen LogP contribution in [0.15, 0.2) is 71.6 Å². The molecule has 0 amide bonds. The van der Waals surface area contributed by atoms with Gasteiger partial charge in [-0.25, -0.2) is 23.5 Å². The van der Waals surface area contributed by atoms with Crippen molar-refractivity contribution in [2.24, 2.45) is 5.14 Å². The van der Waals surface area contributed by atoms with Crippen molar-refractivity contribution < 1.29 is 21.6 Å². The highest BCUT2D eigenvalue weighted by Crippen LogP contribution is 2.36. The number of primary sulfonamides is 1. The first-order valence-corrected chi connectivity index (χ1v) is 11.7. The first kappa shape index (κ1) is 22.4. The zero-order valence-electron chi connectivity index (χ0n) is 16.0. The molecule has 4 aromatic rings. The Hall–Kier alpha value is -2.79. The van der Waals surface area contributed by atoms with Crippen LogP contribution in [0.3, 0.4) is 0 Å². The third kappa shape index (κ3) is 4.83. The van der Waals surface area contributed by atoms with E-state index < -0.39 is 21.9 Å². The number of hydrogen-bond acceptors (Lipinski definition) is 5.